The second kappa shape index (κ2) is 4.45. The Hall–Kier alpha value is -1.10. The van der Waals surface area contributed by atoms with Crippen molar-refractivity contribution < 1.29 is 0 Å². The minimum atomic E-state index is 0.597. The summed E-state index contributed by atoms with van der Waals surface area (Å²) in [5.41, 5.74) is 3.54. The summed E-state index contributed by atoms with van der Waals surface area (Å²) in [6.07, 6.45) is 7.65. The third kappa shape index (κ3) is 1.65. The second-order valence-electron chi connectivity index (χ2n) is 6.56. The van der Waals surface area contributed by atoms with Crippen LogP contribution < -0.4 is 0 Å². The van der Waals surface area contributed by atoms with Gasteiger partial charge in [-0.2, -0.15) is 5.10 Å². The number of aromatic nitrogens is 4. The molecule has 3 atom stereocenters. The van der Waals surface area contributed by atoms with Crippen LogP contribution in [-0.4, -0.2) is 19.3 Å². The molecule has 2 bridgehead atoms. The number of fused-ring (bicyclic) bond motifs is 3. The van der Waals surface area contributed by atoms with Crippen LogP contribution in [0, 0.1) is 16.6 Å². The number of aromatic amines is 1. The average molecular weight is 290 g/mol. The molecule has 0 aliphatic heterocycles. The van der Waals surface area contributed by atoms with Gasteiger partial charge in [0.15, 0.2) is 10.4 Å². The zero-order valence-corrected chi connectivity index (χ0v) is 13.0. The van der Waals surface area contributed by atoms with Crippen molar-refractivity contribution in [3.8, 4) is 0 Å². The van der Waals surface area contributed by atoms with E-state index in [4.69, 9.17) is 17.3 Å². The Labute approximate surface area is 124 Å². The molecule has 0 radical (unpaired) electrons. The Balaban J connectivity index is 1.87. The maximum absolute atomic E-state index is 5.63. The van der Waals surface area contributed by atoms with E-state index in [9.17, 15) is 0 Å². The van der Waals surface area contributed by atoms with Gasteiger partial charge in [-0.05, 0) is 49.7 Å². The first-order valence-electron chi connectivity index (χ1n) is 7.85. The number of hydrogen-bond acceptors (Lipinski definition) is 2. The van der Waals surface area contributed by atoms with Crippen molar-refractivity contribution in [2.45, 2.75) is 51.5 Å². The highest BCUT2D eigenvalue weighted by atomic mass is 32.1. The van der Waals surface area contributed by atoms with Gasteiger partial charge in [0.2, 0.25) is 0 Å². The third-order valence-electron chi connectivity index (χ3n) is 5.29. The minimum Gasteiger partial charge on any atom is -0.328 e. The van der Waals surface area contributed by atoms with Gasteiger partial charge in [0.25, 0.3) is 0 Å². The van der Waals surface area contributed by atoms with Gasteiger partial charge in [-0.3, -0.25) is 9.25 Å². The zero-order valence-electron chi connectivity index (χ0n) is 12.2. The Morgan fingerprint density at radius 1 is 1.35 bits per heavy atom. The van der Waals surface area contributed by atoms with Crippen LogP contribution in [0.25, 0.3) is 11.2 Å². The molecule has 2 aromatic heterocycles. The molecule has 5 heteroatoms. The molecule has 108 valence electrons. The van der Waals surface area contributed by atoms with Gasteiger partial charge in [0.05, 0.1) is 5.69 Å². The highest BCUT2D eigenvalue weighted by molar-refractivity contribution is 7.71. The van der Waals surface area contributed by atoms with Crippen molar-refractivity contribution in [1.29, 1.82) is 0 Å². The lowest BCUT2D eigenvalue weighted by Crippen LogP contribution is -2.17. The van der Waals surface area contributed by atoms with E-state index >= 15 is 0 Å². The topological polar surface area (TPSA) is 38.5 Å². The minimum absolute atomic E-state index is 0.597. The van der Waals surface area contributed by atoms with Crippen LogP contribution >= 0.6 is 12.2 Å². The van der Waals surface area contributed by atoms with E-state index in [0.717, 1.165) is 35.1 Å². The smallest absolute Gasteiger partial charge is 0.179 e. The summed E-state index contributed by atoms with van der Waals surface area (Å²) in [5.74, 6) is 1.76. The van der Waals surface area contributed by atoms with Gasteiger partial charge in [0.1, 0.15) is 5.52 Å². The van der Waals surface area contributed by atoms with Gasteiger partial charge in [-0.25, -0.2) is 0 Å². The number of nitrogens with zero attached hydrogens (tertiary/aromatic N) is 3. The molecule has 0 aromatic carbocycles. The van der Waals surface area contributed by atoms with Crippen molar-refractivity contribution in [3.63, 3.8) is 0 Å². The van der Waals surface area contributed by atoms with E-state index in [1.54, 1.807) is 0 Å². The van der Waals surface area contributed by atoms with Crippen LogP contribution in [0.1, 0.15) is 50.8 Å². The fourth-order valence-electron chi connectivity index (χ4n) is 4.48. The summed E-state index contributed by atoms with van der Waals surface area (Å²) < 4.78 is 5.29. The van der Waals surface area contributed by atoms with Gasteiger partial charge in [0, 0.05) is 13.1 Å². The maximum atomic E-state index is 5.63. The maximum Gasteiger partial charge on any atom is 0.179 e. The number of imidazole rings is 1. The van der Waals surface area contributed by atoms with Crippen LogP contribution in [0.4, 0.5) is 0 Å². The molecular weight excluding hydrogens is 268 g/mol. The summed E-state index contributed by atoms with van der Waals surface area (Å²) in [6, 6.07) is 0.597. The third-order valence-corrected chi connectivity index (χ3v) is 5.59. The lowest BCUT2D eigenvalue weighted by atomic mass is 9.95. The molecule has 20 heavy (non-hydrogen) atoms. The molecule has 2 saturated carbocycles. The Morgan fingerprint density at radius 2 is 2.20 bits per heavy atom. The summed E-state index contributed by atoms with van der Waals surface area (Å²) in [7, 11) is 2.05. The molecule has 0 saturated heterocycles. The van der Waals surface area contributed by atoms with Crippen molar-refractivity contribution in [2.24, 2.45) is 18.9 Å². The van der Waals surface area contributed by atoms with Crippen molar-refractivity contribution in [3.05, 3.63) is 10.5 Å². The normalized spacial score (nSPS) is 28.8. The Bertz CT molecular complexity index is 707. The fourth-order valence-corrected chi connectivity index (χ4v) is 4.81. The molecule has 2 fully saturated rings. The van der Waals surface area contributed by atoms with E-state index in [0.29, 0.717) is 6.04 Å². The number of rotatable bonds is 3. The van der Waals surface area contributed by atoms with Crippen LogP contribution in [0.2, 0.25) is 0 Å². The first-order valence-corrected chi connectivity index (χ1v) is 8.26. The first-order chi connectivity index (χ1) is 9.69. The molecule has 0 spiro atoms. The van der Waals surface area contributed by atoms with E-state index in [1.165, 1.54) is 36.8 Å². The van der Waals surface area contributed by atoms with Gasteiger partial charge < -0.3 is 4.98 Å². The standard InChI is InChI=1S/C15H22N4S/c1-3-4-11-13-14(18(2)17-11)19(15(20)16-13)12-8-9-5-6-10(12)7-9/h9-10,12H,3-8H2,1-2H3,(H,16,20). The summed E-state index contributed by atoms with van der Waals surface area (Å²) >= 11 is 5.63. The zero-order chi connectivity index (χ0) is 13.9. The molecule has 2 aliphatic carbocycles. The highest BCUT2D eigenvalue weighted by Gasteiger charge is 2.41. The van der Waals surface area contributed by atoms with Crippen molar-refractivity contribution in [2.75, 3.05) is 0 Å². The predicted octanol–water partition coefficient (Wildman–Crippen LogP) is 3.75. The molecule has 4 rings (SSSR count). The molecule has 3 unspecified atom stereocenters. The van der Waals surface area contributed by atoms with E-state index in [-0.39, 0.29) is 0 Å². The first kappa shape index (κ1) is 12.6. The van der Waals surface area contributed by atoms with Gasteiger partial charge in [-0.15, -0.1) is 0 Å². The van der Waals surface area contributed by atoms with Gasteiger partial charge in [-0.1, -0.05) is 19.8 Å². The fraction of sp³-hybridized carbons (Fsp3) is 0.733. The summed E-state index contributed by atoms with van der Waals surface area (Å²) in [5, 5.41) is 4.69. The molecule has 2 aliphatic rings. The quantitative estimate of drug-likeness (QED) is 0.874. The molecule has 0 amide bonds. The van der Waals surface area contributed by atoms with Crippen molar-refractivity contribution in [1.82, 2.24) is 19.3 Å². The molecule has 2 heterocycles. The highest BCUT2D eigenvalue weighted by Crippen LogP contribution is 2.51. The van der Waals surface area contributed by atoms with Crippen LogP contribution in [0.3, 0.4) is 0 Å². The van der Waals surface area contributed by atoms with E-state index in [1.807, 2.05) is 11.7 Å². The molecule has 2 aromatic rings. The Kier molecular flexibility index (Phi) is 2.81. The second-order valence-corrected chi connectivity index (χ2v) is 6.95. The number of aryl methyl sites for hydroxylation is 2. The largest absolute Gasteiger partial charge is 0.328 e. The molecule has 1 N–H and O–H groups in total. The number of H-pyrrole nitrogens is 1. The average Bonchev–Trinajstić information content (AvgIpc) is 3.13. The monoisotopic (exact) mass is 290 g/mol. The predicted molar refractivity (Wildman–Crippen MR) is 82.4 cm³/mol. The number of nitrogens with one attached hydrogen (secondary N) is 1. The van der Waals surface area contributed by atoms with Crippen molar-refractivity contribution >= 4 is 23.4 Å². The van der Waals surface area contributed by atoms with Crippen LogP contribution in [0.15, 0.2) is 0 Å². The number of hydrogen-bond donors (Lipinski definition) is 1. The lowest BCUT2D eigenvalue weighted by Gasteiger charge is -2.23. The Morgan fingerprint density at radius 3 is 2.85 bits per heavy atom. The molecule has 4 nitrogen and oxygen atoms in total. The molecular formula is C15H22N4S. The van der Waals surface area contributed by atoms with E-state index in [2.05, 4.69) is 16.5 Å². The van der Waals surface area contributed by atoms with Crippen LogP contribution in [0.5, 0.6) is 0 Å². The summed E-state index contributed by atoms with van der Waals surface area (Å²) in [6.45, 7) is 2.20. The van der Waals surface area contributed by atoms with Crippen LogP contribution in [-0.2, 0) is 13.5 Å². The van der Waals surface area contributed by atoms with E-state index < -0.39 is 0 Å². The lowest BCUT2D eigenvalue weighted by molar-refractivity contribution is 0.330. The summed E-state index contributed by atoms with van der Waals surface area (Å²) in [4.78, 5) is 3.43. The van der Waals surface area contributed by atoms with Gasteiger partial charge >= 0.3 is 0 Å². The SMILES string of the molecule is CCCc1nn(C)c2c1[nH]c(=S)n2C1CC2CCC1C2.